The average Bonchev–Trinajstić information content (AvgIpc) is 2.61. The van der Waals surface area contributed by atoms with Gasteiger partial charge >= 0.3 is 0 Å². The van der Waals surface area contributed by atoms with Crippen LogP contribution in [0.2, 0.25) is 0 Å². The molecule has 1 saturated heterocycles. The fourth-order valence-electron chi connectivity index (χ4n) is 2.91. The third kappa shape index (κ3) is 5.88. The minimum atomic E-state index is -3.47. The van der Waals surface area contributed by atoms with E-state index in [1.807, 2.05) is 31.1 Å². The molecule has 0 bridgehead atoms. The molecule has 0 atom stereocenters. The van der Waals surface area contributed by atoms with Gasteiger partial charge in [-0.05, 0) is 49.4 Å². The van der Waals surface area contributed by atoms with Gasteiger partial charge in [-0.2, -0.15) is 4.31 Å². The Morgan fingerprint density at radius 1 is 1.11 bits per heavy atom. The summed E-state index contributed by atoms with van der Waals surface area (Å²) in [6.45, 7) is 10.1. The van der Waals surface area contributed by atoms with E-state index < -0.39 is 10.0 Å². The molecule has 1 N–H and O–H groups in total. The lowest BCUT2D eigenvalue weighted by Crippen LogP contribution is -2.53. The Balaban J connectivity index is 1.95. The third-order valence-corrected chi connectivity index (χ3v) is 7.03. The molecule has 8 heteroatoms. The molecule has 0 spiro atoms. The monoisotopic (exact) mass is 412 g/mol. The molecule has 6 nitrogen and oxygen atoms in total. The minimum Gasteiger partial charge on any atom is -0.361 e. The van der Waals surface area contributed by atoms with E-state index >= 15 is 0 Å². The zero-order valence-electron chi connectivity index (χ0n) is 17.0. The first-order chi connectivity index (χ1) is 12.5. The number of nitrogens with one attached hydrogen (secondary N) is 1. The lowest BCUT2D eigenvalue weighted by Gasteiger charge is -2.35. The smallest absolute Gasteiger partial charge is 0.243 e. The summed E-state index contributed by atoms with van der Waals surface area (Å²) < 4.78 is 27.4. The molecule has 1 aliphatic rings. The second kappa shape index (κ2) is 8.86. The van der Waals surface area contributed by atoms with Crippen LogP contribution in [0.5, 0.6) is 0 Å². The van der Waals surface area contributed by atoms with Crippen LogP contribution in [0.1, 0.15) is 26.3 Å². The van der Waals surface area contributed by atoms with Gasteiger partial charge in [-0.1, -0.05) is 32.9 Å². The van der Waals surface area contributed by atoms with E-state index in [4.69, 9.17) is 12.2 Å². The zero-order chi connectivity index (χ0) is 20.2. The highest BCUT2D eigenvalue weighted by Gasteiger charge is 2.29. The average molecular weight is 413 g/mol. The van der Waals surface area contributed by atoms with Crippen LogP contribution in [-0.4, -0.2) is 81.0 Å². The Bertz CT molecular complexity index is 732. The number of piperazine rings is 1. The summed E-state index contributed by atoms with van der Waals surface area (Å²) in [6.07, 6.45) is 0. The van der Waals surface area contributed by atoms with Crippen LogP contribution >= 0.6 is 12.2 Å². The molecule has 1 fully saturated rings. The van der Waals surface area contributed by atoms with Gasteiger partial charge in [-0.15, -0.1) is 0 Å². The zero-order valence-corrected chi connectivity index (χ0v) is 18.7. The van der Waals surface area contributed by atoms with Crippen molar-refractivity contribution in [3.05, 3.63) is 29.8 Å². The summed E-state index contributed by atoms with van der Waals surface area (Å²) in [5.41, 5.74) is 1.13. The summed E-state index contributed by atoms with van der Waals surface area (Å²) in [6, 6.07) is 7.26. The lowest BCUT2D eigenvalue weighted by molar-refractivity contribution is 0.263. The first-order valence-electron chi connectivity index (χ1n) is 9.30. The summed E-state index contributed by atoms with van der Waals surface area (Å²) in [4.78, 5) is 4.49. The number of rotatable bonds is 5. The molecule has 2 rings (SSSR count). The van der Waals surface area contributed by atoms with E-state index in [0.717, 1.165) is 18.7 Å². The number of nitrogens with zero attached hydrogens (tertiary/aromatic N) is 3. The van der Waals surface area contributed by atoms with Gasteiger partial charge in [0.05, 0.1) is 4.90 Å². The van der Waals surface area contributed by atoms with Crippen molar-refractivity contribution in [2.45, 2.75) is 31.1 Å². The number of benzene rings is 1. The molecule has 0 aliphatic carbocycles. The summed E-state index contributed by atoms with van der Waals surface area (Å²) in [5.74, 6) is 0. The molecule has 0 aromatic heterocycles. The quantitative estimate of drug-likeness (QED) is 0.744. The van der Waals surface area contributed by atoms with Crippen molar-refractivity contribution in [1.29, 1.82) is 0 Å². The number of sulfonamides is 1. The van der Waals surface area contributed by atoms with Gasteiger partial charge in [0.1, 0.15) is 0 Å². The van der Waals surface area contributed by atoms with Crippen LogP contribution in [0.4, 0.5) is 0 Å². The Kier molecular flexibility index (Phi) is 7.24. The van der Waals surface area contributed by atoms with Crippen LogP contribution in [0.3, 0.4) is 0 Å². The second-order valence-electron chi connectivity index (χ2n) is 8.20. The van der Waals surface area contributed by atoms with Crippen LogP contribution in [0.25, 0.3) is 0 Å². The van der Waals surface area contributed by atoms with Gasteiger partial charge in [0.25, 0.3) is 0 Å². The van der Waals surface area contributed by atoms with Gasteiger partial charge in [0.2, 0.25) is 10.0 Å². The van der Waals surface area contributed by atoms with Crippen LogP contribution in [0, 0.1) is 0 Å². The summed E-state index contributed by atoms with van der Waals surface area (Å²) in [7, 11) is 0.567. The van der Waals surface area contributed by atoms with E-state index in [9.17, 15) is 8.42 Å². The molecule has 0 saturated carbocycles. The Hall–Kier alpha value is -1.22. The first kappa shape index (κ1) is 22.1. The highest BCUT2D eigenvalue weighted by molar-refractivity contribution is 7.89. The van der Waals surface area contributed by atoms with Crippen molar-refractivity contribution in [1.82, 2.24) is 19.4 Å². The Labute approximate surface area is 169 Å². The van der Waals surface area contributed by atoms with Crippen molar-refractivity contribution in [3.63, 3.8) is 0 Å². The predicted octanol–water partition coefficient (Wildman–Crippen LogP) is 1.73. The number of thiocarbonyl (C=S) groups is 1. The van der Waals surface area contributed by atoms with Gasteiger partial charge in [0.15, 0.2) is 5.11 Å². The van der Waals surface area contributed by atoms with E-state index in [1.54, 1.807) is 16.4 Å². The molecule has 0 amide bonds. The maximum atomic E-state index is 12.9. The summed E-state index contributed by atoms with van der Waals surface area (Å²) >= 11 is 5.43. The number of likely N-dealkylation sites (N-methyl/N-ethyl adjacent to an activating group) is 1. The maximum absolute atomic E-state index is 12.9. The number of hydrogen-bond donors (Lipinski definition) is 1. The van der Waals surface area contributed by atoms with E-state index in [-0.39, 0.29) is 5.41 Å². The summed E-state index contributed by atoms with van der Waals surface area (Å²) in [5, 5.41) is 3.93. The molecule has 152 valence electrons. The van der Waals surface area contributed by atoms with Crippen LogP contribution in [0.15, 0.2) is 29.2 Å². The SMILES string of the molecule is CN(C)CCNC(=S)N1CCN(S(=O)(=O)c2ccc(C(C)(C)C)cc2)CC1. The molecular formula is C19H32N4O2S2. The van der Waals surface area contributed by atoms with Crippen LogP contribution in [-0.2, 0) is 15.4 Å². The second-order valence-corrected chi connectivity index (χ2v) is 10.5. The van der Waals surface area contributed by atoms with E-state index in [1.165, 1.54) is 0 Å². The molecule has 0 radical (unpaired) electrons. The maximum Gasteiger partial charge on any atom is 0.243 e. The van der Waals surface area contributed by atoms with Gasteiger partial charge in [-0.3, -0.25) is 0 Å². The van der Waals surface area contributed by atoms with Gasteiger partial charge in [-0.25, -0.2) is 8.42 Å². The van der Waals surface area contributed by atoms with Gasteiger partial charge in [0, 0.05) is 39.3 Å². The van der Waals surface area contributed by atoms with Crippen molar-refractivity contribution in [3.8, 4) is 0 Å². The van der Waals surface area contributed by atoms with Crippen molar-refractivity contribution in [2.75, 3.05) is 53.4 Å². The van der Waals surface area contributed by atoms with E-state index in [0.29, 0.717) is 36.2 Å². The fourth-order valence-corrected chi connectivity index (χ4v) is 4.61. The standard InChI is InChI=1S/C19H32N4O2S2/c1-19(2,3)16-6-8-17(9-7-16)27(24,25)23-14-12-22(13-15-23)18(26)20-10-11-21(4)5/h6-9H,10-15H2,1-5H3,(H,20,26). The highest BCUT2D eigenvalue weighted by Crippen LogP contribution is 2.25. The number of hydrogen-bond acceptors (Lipinski definition) is 4. The van der Waals surface area contributed by atoms with Crippen LogP contribution < -0.4 is 5.32 Å². The fraction of sp³-hybridized carbons (Fsp3) is 0.632. The third-order valence-electron chi connectivity index (χ3n) is 4.72. The Morgan fingerprint density at radius 3 is 2.15 bits per heavy atom. The molecule has 1 aromatic rings. The largest absolute Gasteiger partial charge is 0.361 e. The lowest BCUT2D eigenvalue weighted by atomic mass is 9.87. The Morgan fingerprint density at radius 2 is 1.67 bits per heavy atom. The van der Waals surface area contributed by atoms with E-state index in [2.05, 4.69) is 31.0 Å². The molecular weight excluding hydrogens is 380 g/mol. The topological polar surface area (TPSA) is 55.9 Å². The van der Waals surface area contributed by atoms with Gasteiger partial charge < -0.3 is 15.1 Å². The molecule has 1 aliphatic heterocycles. The molecule has 1 aromatic carbocycles. The normalized spacial score (nSPS) is 16.6. The molecule has 0 unspecified atom stereocenters. The van der Waals surface area contributed by atoms with Crippen molar-refractivity contribution < 1.29 is 8.42 Å². The predicted molar refractivity (Wildman–Crippen MR) is 115 cm³/mol. The van der Waals surface area contributed by atoms with Crippen molar-refractivity contribution in [2.24, 2.45) is 0 Å². The molecule has 27 heavy (non-hydrogen) atoms. The van der Waals surface area contributed by atoms with Crippen molar-refractivity contribution >= 4 is 27.4 Å². The molecule has 1 heterocycles. The highest BCUT2D eigenvalue weighted by atomic mass is 32.2. The minimum absolute atomic E-state index is 0.00317. The first-order valence-corrected chi connectivity index (χ1v) is 11.1.